The van der Waals surface area contributed by atoms with Crippen LogP contribution in [-0.4, -0.2) is 4.92 Å². The van der Waals surface area contributed by atoms with Gasteiger partial charge in [0.15, 0.2) is 0 Å². The van der Waals surface area contributed by atoms with Crippen molar-refractivity contribution in [1.82, 2.24) is 5.43 Å². The van der Waals surface area contributed by atoms with Crippen LogP contribution >= 0.6 is 11.8 Å². The summed E-state index contributed by atoms with van der Waals surface area (Å²) in [6.07, 6.45) is 0. The number of thioether (sulfide) groups is 1. The first-order valence-corrected chi connectivity index (χ1v) is 8.05. The second-order valence-corrected chi connectivity index (χ2v) is 6.39. The molecule has 0 saturated heterocycles. The van der Waals surface area contributed by atoms with Crippen LogP contribution < -0.4 is 10.9 Å². The van der Waals surface area contributed by atoms with E-state index in [1.54, 1.807) is 17.8 Å². The van der Waals surface area contributed by atoms with Crippen molar-refractivity contribution in [3.05, 3.63) is 76.3 Å². The highest BCUT2D eigenvalue weighted by atomic mass is 32.2. The molecule has 0 aromatic heterocycles. The molecule has 1 atom stereocenters. The van der Waals surface area contributed by atoms with Gasteiger partial charge in [-0.25, -0.2) is 5.43 Å². The molecule has 4 rings (SSSR count). The molecule has 5 nitrogen and oxygen atoms in total. The quantitative estimate of drug-likeness (QED) is 0.550. The predicted octanol–water partition coefficient (Wildman–Crippen LogP) is 4.47. The molecule has 6 heteroatoms. The molecule has 1 aliphatic rings. The topological polar surface area (TPSA) is 67.2 Å². The fraction of sp³-hybridized carbons (Fsp3) is 0.0588. The Morgan fingerprint density at radius 1 is 1.00 bits per heavy atom. The van der Waals surface area contributed by atoms with E-state index in [0.717, 1.165) is 10.5 Å². The molecule has 0 radical (unpaired) electrons. The normalized spacial score (nSPS) is 16.1. The lowest BCUT2D eigenvalue weighted by atomic mass is 10.1. The summed E-state index contributed by atoms with van der Waals surface area (Å²) in [4.78, 5) is 11.9. The average molecular weight is 323 g/mol. The molecule has 0 amide bonds. The van der Waals surface area contributed by atoms with E-state index in [4.69, 9.17) is 0 Å². The van der Waals surface area contributed by atoms with Gasteiger partial charge in [-0.2, -0.15) is 0 Å². The van der Waals surface area contributed by atoms with Crippen molar-refractivity contribution in [2.45, 2.75) is 10.3 Å². The van der Waals surface area contributed by atoms with Crippen LogP contribution in [0.2, 0.25) is 0 Å². The van der Waals surface area contributed by atoms with E-state index in [1.165, 1.54) is 16.8 Å². The summed E-state index contributed by atoms with van der Waals surface area (Å²) < 4.78 is 0. The Kier molecular flexibility index (Phi) is 3.40. The van der Waals surface area contributed by atoms with E-state index in [9.17, 15) is 10.1 Å². The van der Waals surface area contributed by atoms with E-state index in [0.29, 0.717) is 5.69 Å². The molecule has 0 aliphatic carbocycles. The standard InChI is InChI=1S/C17H13N3O2S/c21-20(22)14-9-4-8-13-16(14)18-19-17(13)23-15-10-3-6-11-5-1-2-7-12(11)15/h1-10,17-19H. The maximum Gasteiger partial charge on any atom is 0.294 e. The average Bonchev–Trinajstić information content (AvgIpc) is 2.98. The highest BCUT2D eigenvalue weighted by Crippen LogP contribution is 2.44. The molecular weight excluding hydrogens is 310 g/mol. The zero-order valence-corrected chi connectivity index (χ0v) is 12.8. The number of nitrogens with zero attached hydrogens (tertiary/aromatic N) is 1. The lowest BCUT2D eigenvalue weighted by Gasteiger charge is -2.12. The Morgan fingerprint density at radius 3 is 2.65 bits per heavy atom. The van der Waals surface area contributed by atoms with E-state index in [2.05, 4.69) is 35.1 Å². The fourth-order valence-corrected chi connectivity index (χ4v) is 3.96. The number of rotatable bonds is 3. The third kappa shape index (κ3) is 2.42. The molecule has 23 heavy (non-hydrogen) atoms. The third-order valence-electron chi connectivity index (χ3n) is 3.88. The van der Waals surface area contributed by atoms with Crippen LogP contribution in [0, 0.1) is 10.1 Å². The summed E-state index contributed by atoms with van der Waals surface area (Å²) in [5.41, 5.74) is 7.64. The van der Waals surface area contributed by atoms with Gasteiger partial charge in [-0.05, 0) is 16.8 Å². The third-order valence-corrected chi connectivity index (χ3v) is 5.09. The maximum atomic E-state index is 11.1. The molecule has 0 bridgehead atoms. The Bertz CT molecular complexity index is 908. The smallest absolute Gasteiger partial charge is 0.294 e. The van der Waals surface area contributed by atoms with E-state index in [1.807, 2.05) is 24.3 Å². The molecule has 114 valence electrons. The van der Waals surface area contributed by atoms with Gasteiger partial charge in [0, 0.05) is 16.5 Å². The summed E-state index contributed by atoms with van der Waals surface area (Å²) in [6.45, 7) is 0. The Morgan fingerprint density at radius 2 is 1.78 bits per heavy atom. The van der Waals surface area contributed by atoms with Crippen molar-refractivity contribution in [1.29, 1.82) is 0 Å². The predicted molar refractivity (Wildman–Crippen MR) is 92.4 cm³/mol. The van der Waals surface area contributed by atoms with Gasteiger partial charge in [-0.15, -0.1) is 0 Å². The fourth-order valence-electron chi connectivity index (χ4n) is 2.80. The summed E-state index contributed by atoms with van der Waals surface area (Å²) >= 11 is 1.65. The number of benzene rings is 3. The molecule has 1 heterocycles. The molecule has 2 N–H and O–H groups in total. The van der Waals surface area contributed by atoms with Crippen molar-refractivity contribution in [2.24, 2.45) is 0 Å². The van der Waals surface area contributed by atoms with Gasteiger partial charge in [0.25, 0.3) is 5.69 Å². The van der Waals surface area contributed by atoms with Crippen LogP contribution in [0.1, 0.15) is 10.9 Å². The Labute approximate surface area is 136 Å². The first kappa shape index (κ1) is 14.0. The molecule has 3 aromatic rings. The minimum absolute atomic E-state index is 0.0734. The van der Waals surface area contributed by atoms with Crippen molar-refractivity contribution in [3.8, 4) is 0 Å². The molecule has 3 aromatic carbocycles. The van der Waals surface area contributed by atoms with Crippen LogP contribution in [0.15, 0.2) is 65.6 Å². The monoisotopic (exact) mass is 323 g/mol. The summed E-state index contributed by atoms with van der Waals surface area (Å²) in [5.74, 6) is 0. The van der Waals surface area contributed by atoms with Crippen molar-refractivity contribution < 1.29 is 4.92 Å². The number of nitro benzene ring substituents is 1. The van der Waals surface area contributed by atoms with Gasteiger partial charge in [-0.1, -0.05) is 60.3 Å². The first-order chi connectivity index (χ1) is 11.2. The molecule has 1 aliphatic heterocycles. The molecular formula is C17H13N3O2S. The Hall–Kier alpha value is -2.57. The Balaban J connectivity index is 1.72. The minimum atomic E-state index is -0.363. The van der Waals surface area contributed by atoms with Gasteiger partial charge in [0.2, 0.25) is 0 Å². The zero-order valence-electron chi connectivity index (χ0n) is 12.0. The number of hydrogen-bond acceptors (Lipinski definition) is 5. The van der Waals surface area contributed by atoms with Gasteiger partial charge < -0.3 is 5.43 Å². The van der Waals surface area contributed by atoms with Crippen LogP contribution in [-0.2, 0) is 0 Å². The van der Waals surface area contributed by atoms with Gasteiger partial charge in [0.05, 0.1) is 4.92 Å². The number of hydrogen-bond donors (Lipinski definition) is 2. The van der Waals surface area contributed by atoms with E-state index < -0.39 is 0 Å². The van der Waals surface area contributed by atoms with Gasteiger partial charge >= 0.3 is 0 Å². The van der Waals surface area contributed by atoms with Crippen molar-refractivity contribution in [3.63, 3.8) is 0 Å². The highest BCUT2D eigenvalue weighted by Gasteiger charge is 2.29. The number of nitro groups is 1. The number of anilines is 1. The summed E-state index contributed by atoms with van der Waals surface area (Å²) in [7, 11) is 0. The van der Waals surface area contributed by atoms with Gasteiger partial charge in [0.1, 0.15) is 11.1 Å². The molecule has 0 fully saturated rings. The number of nitrogens with one attached hydrogen (secondary N) is 2. The molecule has 0 spiro atoms. The SMILES string of the molecule is O=[N+]([O-])c1cccc2c1NNC2Sc1cccc2ccccc12. The molecule has 1 unspecified atom stereocenters. The number of para-hydroxylation sites is 1. The second kappa shape index (κ2) is 5.57. The zero-order chi connectivity index (χ0) is 15.8. The van der Waals surface area contributed by atoms with E-state index in [-0.39, 0.29) is 16.0 Å². The largest absolute Gasteiger partial charge is 0.314 e. The maximum absolute atomic E-state index is 11.1. The highest BCUT2D eigenvalue weighted by molar-refractivity contribution is 7.99. The van der Waals surface area contributed by atoms with Crippen LogP contribution in [0.3, 0.4) is 0 Å². The lowest BCUT2D eigenvalue weighted by Crippen LogP contribution is -2.16. The minimum Gasteiger partial charge on any atom is -0.314 e. The van der Waals surface area contributed by atoms with Gasteiger partial charge in [-0.3, -0.25) is 10.1 Å². The van der Waals surface area contributed by atoms with Crippen LogP contribution in [0.25, 0.3) is 10.8 Å². The van der Waals surface area contributed by atoms with Crippen LogP contribution in [0.5, 0.6) is 0 Å². The number of fused-ring (bicyclic) bond motifs is 2. The first-order valence-electron chi connectivity index (χ1n) is 7.17. The van der Waals surface area contributed by atoms with Crippen molar-refractivity contribution in [2.75, 3.05) is 5.43 Å². The van der Waals surface area contributed by atoms with E-state index >= 15 is 0 Å². The summed E-state index contributed by atoms with van der Waals surface area (Å²) in [5, 5.41) is 13.4. The summed E-state index contributed by atoms with van der Waals surface area (Å²) in [6, 6.07) is 19.5. The lowest BCUT2D eigenvalue weighted by molar-refractivity contribution is -0.383. The van der Waals surface area contributed by atoms with Crippen molar-refractivity contribution >= 4 is 33.9 Å². The van der Waals surface area contributed by atoms with Crippen LogP contribution in [0.4, 0.5) is 11.4 Å². The number of hydrazine groups is 1. The molecule has 0 saturated carbocycles. The second-order valence-electron chi connectivity index (χ2n) is 5.24.